The highest BCUT2D eigenvalue weighted by molar-refractivity contribution is 5.78. The number of nitrogens with zero attached hydrogens (tertiary/aromatic N) is 6. The van der Waals surface area contributed by atoms with Crippen molar-refractivity contribution < 1.29 is 19.0 Å². The maximum atomic E-state index is 13.2. The Morgan fingerprint density at radius 2 is 1.90 bits per heavy atom. The van der Waals surface area contributed by atoms with Crippen LogP contribution in [-0.4, -0.2) is 73.9 Å². The second-order valence-electron chi connectivity index (χ2n) is 12.0. The monoisotopic (exact) mass is 571 g/mol. The average Bonchev–Trinajstić information content (AvgIpc) is 3.57. The van der Waals surface area contributed by atoms with E-state index in [-0.39, 0.29) is 29.4 Å². The number of aliphatic hydroxyl groups excluding tert-OH is 1. The summed E-state index contributed by atoms with van der Waals surface area (Å²) >= 11 is 0. The third-order valence-electron chi connectivity index (χ3n) is 9.01. The molecule has 1 atom stereocenters. The quantitative estimate of drug-likeness (QED) is 0.310. The van der Waals surface area contributed by atoms with E-state index in [9.17, 15) is 14.3 Å². The van der Waals surface area contributed by atoms with Gasteiger partial charge in [-0.05, 0) is 61.9 Å². The van der Waals surface area contributed by atoms with E-state index in [0.717, 1.165) is 36.9 Å². The number of nitrogens with one attached hydrogen (secondary N) is 1. The van der Waals surface area contributed by atoms with Crippen molar-refractivity contribution in [2.75, 3.05) is 37.7 Å². The third-order valence-corrected chi connectivity index (χ3v) is 9.01. The van der Waals surface area contributed by atoms with Gasteiger partial charge in [0.2, 0.25) is 5.95 Å². The maximum absolute atomic E-state index is 13.2. The number of carbonyl (C=O) groups is 1. The molecule has 3 aromatic heterocycles. The van der Waals surface area contributed by atoms with Gasteiger partial charge in [0, 0.05) is 25.0 Å². The molecule has 2 aliphatic heterocycles. The lowest BCUT2D eigenvalue weighted by Gasteiger charge is -2.39. The summed E-state index contributed by atoms with van der Waals surface area (Å²) in [6.07, 6.45) is 5.99. The second kappa shape index (κ2) is 10.2. The maximum Gasteiger partial charge on any atom is 0.318 e. The number of fused-ring (bicyclic) bond motifs is 1. The van der Waals surface area contributed by atoms with Crippen molar-refractivity contribution >= 4 is 17.4 Å². The smallest absolute Gasteiger partial charge is 0.318 e. The number of ether oxygens (including phenoxy) is 1. The van der Waals surface area contributed by atoms with Crippen molar-refractivity contribution in [1.29, 1.82) is 0 Å². The summed E-state index contributed by atoms with van der Waals surface area (Å²) in [7, 11) is 0. The van der Waals surface area contributed by atoms with Crippen molar-refractivity contribution in [3.05, 3.63) is 83.8 Å². The molecule has 2 N–H and O–H groups in total. The Labute approximate surface area is 243 Å². The molecule has 11 heteroatoms. The lowest BCUT2D eigenvalue weighted by atomic mass is 9.88. The Kier molecular flexibility index (Phi) is 6.49. The first-order valence-electron chi connectivity index (χ1n) is 14.5. The van der Waals surface area contributed by atoms with Gasteiger partial charge in [0.1, 0.15) is 11.9 Å². The van der Waals surface area contributed by atoms with Crippen molar-refractivity contribution in [3.8, 4) is 5.75 Å². The van der Waals surface area contributed by atoms with Crippen LogP contribution in [0, 0.1) is 12.9 Å². The first-order chi connectivity index (χ1) is 20.3. The number of aryl methyl sites for hydroxylation is 1. The summed E-state index contributed by atoms with van der Waals surface area (Å²) in [5.41, 5.74) is 3.41. The summed E-state index contributed by atoms with van der Waals surface area (Å²) in [6.45, 7) is 4.56. The Morgan fingerprint density at radius 3 is 2.62 bits per heavy atom. The number of rotatable bonds is 8. The van der Waals surface area contributed by atoms with Gasteiger partial charge in [-0.25, -0.2) is 19.3 Å². The number of amides is 2. The lowest BCUT2D eigenvalue weighted by Crippen LogP contribution is -2.52. The van der Waals surface area contributed by atoms with Gasteiger partial charge in [0.05, 0.1) is 36.8 Å². The highest BCUT2D eigenvalue weighted by Crippen LogP contribution is 2.48. The van der Waals surface area contributed by atoms with E-state index >= 15 is 0 Å². The number of hydrogen-bond acceptors (Lipinski definition) is 7. The minimum Gasteiger partial charge on any atom is -0.491 e. The highest BCUT2D eigenvalue weighted by Gasteiger charge is 2.46. The molecule has 4 aromatic rings. The van der Waals surface area contributed by atoms with Crippen LogP contribution in [0.1, 0.15) is 48.7 Å². The summed E-state index contributed by atoms with van der Waals surface area (Å²) in [5, 5.41) is 18.8. The van der Waals surface area contributed by atoms with E-state index in [1.165, 1.54) is 17.8 Å². The summed E-state index contributed by atoms with van der Waals surface area (Å²) in [5.74, 6) is 0.473. The zero-order valence-corrected chi connectivity index (χ0v) is 23.5. The molecule has 1 spiro atoms. The number of piperidine rings is 1. The molecule has 5 heterocycles. The molecule has 1 aliphatic carbocycles. The number of pyridine rings is 2. The molecule has 10 nitrogen and oxygen atoms in total. The van der Waals surface area contributed by atoms with Crippen LogP contribution in [0.3, 0.4) is 0 Å². The molecule has 7 rings (SSSR count). The van der Waals surface area contributed by atoms with Gasteiger partial charge in [-0.15, -0.1) is 5.10 Å². The number of hydrogen-bond donors (Lipinski definition) is 2. The van der Waals surface area contributed by atoms with Crippen LogP contribution in [0.4, 0.5) is 14.9 Å². The molecule has 2 saturated heterocycles. The van der Waals surface area contributed by atoms with Crippen molar-refractivity contribution in [2.24, 2.45) is 0 Å². The summed E-state index contributed by atoms with van der Waals surface area (Å²) < 4.78 is 21.1. The molecular weight excluding hydrogens is 537 g/mol. The molecule has 218 valence electrons. The third kappa shape index (κ3) is 5.02. The first kappa shape index (κ1) is 26.6. The fourth-order valence-corrected chi connectivity index (χ4v) is 6.29. The number of benzene rings is 1. The number of carbonyl (C=O) groups excluding carboxylic acids is 1. The zero-order chi connectivity index (χ0) is 28.9. The normalized spacial score (nSPS) is 19.7. The standard InChI is InChI=1S/C31H34FN7O3/c1-21-15-24(42-20-30(9-10-30)22-5-3-2-4-6-22)17-39-28(21)34-27(36-39)25(40)18-38-19-31(35-29(38)41)11-13-37(14-12-31)23-7-8-26(32)33-16-23/h2-8,15-17,25,40H,9-14,18-20H2,1H3,(H,35,41). The lowest BCUT2D eigenvalue weighted by molar-refractivity contribution is 0.121. The van der Waals surface area contributed by atoms with Crippen LogP contribution in [0.25, 0.3) is 5.65 Å². The molecule has 0 bridgehead atoms. The second-order valence-corrected chi connectivity index (χ2v) is 12.0. The highest BCUT2D eigenvalue weighted by atomic mass is 19.1. The molecule has 1 aromatic carbocycles. The van der Waals surface area contributed by atoms with Gasteiger partial charge in [-0.1, -0.05) is 30.3 Å². The number of β-amino-alcohol motifs (C(OH)–C–C–N with tert-alkyl or cyclic N) is 1. The number of aliphatic hydroxyl groups is 1. The SMILES string of the molecule is Cc1cc(OCC2(c3ccccc3)CC2)cn2nc(C(O)CN3CC4(CCN(c5ccc(F)nc5)CC4)NC3=O)nc12. The van der Waals surface area contributed by atoms with Crippen molar-refractivity contribution in [2.45, 2.75) is 49.7 Å². The summed E-state index contributed by atoms with van der Waals surface area (Å²) in [6, 6.07) is 15.3. The van der Waals surface area contributed by atoms with E-state index < -0.39 is 12.1 Å². The first-order valence-corrected chi connectivity index (χ1v) is 14.5. The van der Waals surface area contributed by atoms with Crippen LogP contribution < -0.4 is 15.0 Å². The predicted octanol–water partition coefficient (Wildman–Crippen LogP) is 3.78. The van der Waals surface area contributed by atoms with Crippen molar-refractivity contribution in [3.63, 3.8) is 0 Å². The van der Waals surface area contributed by atoms with Crippen LogP contribution >= 0.6 is 0 Å². The predicted molar refractivity (Wildman–Crippen MR) is 154 cm³/mol. The van der Waals surface area contributed by atoms with Gasteiger partial charge in [0.15, 0.2) is 11.5 Å². The topological polar surface area (TPSA) is 108 Å². The Balaban J connectivity index is 0.989. The van der Waals surface area contributed by atoms with E-state index in [1.54, 1.807) is 21.7 Å². The molecule has 1 saturated carbocycles. The average molecular weight is 572 g/mol. The van der Waals surface area contributed by atoms with Crippen LogP contribution in [0.15, 0.2) is 60.9 Å². The molecule has 3 aliphatic rings. The van der Waals surface area contributed by atoms with Gasteiger partial charge < -0.3 is 25.0 Å². The van der Waals surface area contributed by atoms with Gasteiger partial charge in [-0.3, -0.25) is 0 Å². The molecule has 0 radical (unpaired) electrons. The van der Waals surface area contributed by atoms with Gasteiger partial charge in [-0.2, -0.15) is 4.39 Å². The number of aromatic nitrogens is 4. The van der Waals surface area contributed by atoms with E-state index in [2.05, 4.69) is 49.5 Å². The van der Waals surface area contributed by atoms with Crippen molar-refractivity contribution in [1.82, 2.24) is 29.8 Å². The molecular formula is C31H34FN7O3. The Hall–Kier alpha value is -4.25. The van der Waals surface area contributed by atoms with Gasteiger partial charge in [0.25, 0.3) is 0 Å². The number of urea groups is 1. The van der Waals surface area contributed by atoms with E-state index in [0.29, 0.717) is 37.6 Å². The summed E-state index contributed by atoms with van der Waals surface area (Å²) in [4.78, 5) is 25.0. The van der Waals surface area contributed by atoms with E-state index in [1.807, 2.05) is 19.1 Å². The fourth-order valence-electron chi connectivity index (χ4n) is 6.29. The molecule has 3 fully saturated rings. The molecule has 2 amide bonds. The van der Waals surface area contributed by atoms with Crippen LogP contribution in [-0.2, 0) is 5.41 Å². The molecule has 1 unspecified atom stereocenters. The minimum absolute atomic E-state index is 0.0658. The fraction of sp³-hybridized carbons (Fsp3) is 0.419. The number of halogens is 1. The van der Waals surface area contributed by atoms with Gasteiger partial charge >= 0.3 is 6.03 Å². The Morgan fingerprint density at radius 1 is 1.12 bits per heavy atom. The molecule has 42 heavy (non-hydrogen) atoms. The largest absolute Gasteiger partial charge is 0.491 e. The van der Waals surface area contributed by atoms with Crippen LogP contribution in [0.2, 0.25) is 0 Å². The Bertz CT molecular complexity index is 1600. The number of anilines is 1. The van der Waals surface area contributed by atoms with E-state index in [4.69, 9.17) is 4.74 Å². The van der Waals surface area contributed by atoms with Crippen LogP contribution in [0.5, 0.6) is 5.75 Å². The zero-order valence-electron chi connectivity index (χ0n) is 23.5. The minimum atomic E-state index is -1.03.